The van der Waals surface area contributed by atoms with E-state index in [-0.39, 0.29) is 0 Å². The molecular weight excluding hydrogens is 426 g/mol. The molecule has 2 rings (SSSR count). The minimum absolute atomic E-state index is 0.318. The molecule has 1 aromatic heterocycles. The number of hydrogen-bond acceptors (Lipinski definition) is 2. The van der Waals surface area contributed by atoms with Gasteiger partial charge >= 0.3 is 0 Å². The van der Waals surface area contributed by atoms with E-state index in [9.17, 15) is 0 Å². The van der Waals surface area contributed by atoms with Gasteiger partial charge in [0.25, 0.3) is 0 Å². The standard InChI is InChI=1S/C12H12Br3N3/c1-7(2)18-11(6-13)16-17-12(18)9-4-3-8(14)5-10(9)15/h3-5,7H,6H2,1-2H3. The summed E-state index contributed by atoms with van der Waals surface area (Å²) in [5, 5.41) is 9.24. The van der Waals surface area contributed by atoms with Crippen LogP contribution in [0.2, 0.25) is 0 Å². The molecule has 2 aromatic rings. The molecule has 0 unspecified atom stereocenters. The fraction of sp³-hybridized carbons (Fsp3) is 0.333. The van der Waals surface area contributed by atoms with Crippen molar-refractivity contribution in [1.29, 1.82) is 0 Å². The molecule has 0 saturated heterocycles. The van der Waals surface area contributed by atoms with E-state index in [4.69, 9.17) is 0 Å². The first-order valence-electron chi connectivity index (χ1n) is 5.49. The molecule has 1 heterocycles. The summed E-state index contributed by atoms with van der Waals surface area (Å²) in [4.78, 5) is 0. The average molecular weight is 438 g/mol. The Bertz CT molecular complexity index is 564. The minimum atomic E-state index is 0.318. The van der Waals surface area contributed by atoms with Gasteiger partial charge in [0.2, 0.25) is 0 Å². The zero-order valence-electron chi connectivity index (χ0n) is 9.99. The van der Waals surface area contributed by atoms with Crippen molar-refractivity contribution in [3.63, 3.8) is 0 Å². The highest BCUT2D eigenvalue weighted by Crippen LogP contribution is 2.31. The second-order valence-electron chi connectivity index (χ2n) is 4.16. The maximum absolute atomic E-state index is 4.31. The predicted molar refractivity (Wildman–Crippen MR) is 83.9 cm³/mol. The summed E-state index contributed by atoms with van der Waals surface area (Å²) in [6.07, 6.45) is 0. The molecule has 0 N–H and O–H groups in total. The lowest BCUT2D eigenvalue weighted by atomic mass is 10.2. The van der Waals surface area contributed by atoms with Crippen LogP contribution in [0.3, 0.4) is 0 Å². The van der Waals surface area contributed by atoms with E-state index in [2.05, 4.69) is 76.4 Å². The lowest BCUT2D eigenvalue weighted by Gasteiger charge is -2.14. The summed E-state index contributed by atoms with van der Waals surface area (Å²) in [7, 11) is 0. The molecule has 0 atom stereocenters. The fourth-order valence-electron chi connectivity index (χ4n) is 1.81. The van der Waals surface area contributed by atoms with Crippen LogP contribution in [0.15, 0.2) is 27.1 Å². The minimum Gasteiger partial charge on any atom is -0.308 e. The van der Waals surface area contributed by atoms with E-state index in [0.29, 0.717) is 11.4 Å². The van der Waals surface area contributed by atoms with Gasteiger partial charge in [0.15, 0.2) is 5.82 Å². The van der Waals surface area contributed by atoms with Crippen molar-refractivity contribution >= 4 is 47.8 Å². The Labute approximate surface area is 131 Å². The van der Waals surface area contributed by atoms with Gasteiger partial charge < -0.3 is 4.57 Å². The Morgan fingerprint density at radius 3 is 2.50 bits per heavy atom. The first-order valence-corrected chi connectivity index (χ1v) is 8.20. The summed E-state index contributed by atoms with van der Waals surface area (Å²) in [5.74, 6) is 1.83. The first kappa shape index (κ1) is 14.2. The van der Waals surface area contributed by atoms with Crippen molar-refractivity contribution in [3.8, 4) is 11.4 Å². The highest BCUT2D eigenvalue weighted by molar-refractivity contribution is 9.11. The molecule has 0 amide bonds. The molecular formula is C12H12Br3N3. The van der Waals surface area contributed by atoms with Gasteiger partial charge in [-0.25, -0.2) is 0 Å². The van der Waals surface area contributed by atoms with Crippen molar-refractivity contribution in [3.05, 3.63) is 33.0 Å². The number of nitrogens with zero attached hydrogens (tertiary/aromatic N) is 3. The second-order valence-corrected chi connectivity index (χ2v) is 6.49. The van der Waals surface area contributed by atoms with Crippen LogP contribution in [-0.2, 0) is 5.33 Å². The highest BCUT2D eigenvalue weighted by Gasteiger charge is 2.17. The molecule has 0 aliphatic carbocycles. The summed E-state index contributed by atoms with van der Waals surface area (Å²) < 4.78 is 4.18. The van der Waals surface area contributed by atoms with Gasteiger partial charge in [-0.15, -0.1) is 10.2 Å². The van der Waals surface area contributed by atoms with E-state index in [0.717, 1.165) is 26.2 Å². The van der Waals surface area contributed by atoms with Crippen molar-refractivity contribution in [1.82, 2.24) is 14.8 Å². The molecule has 0 aliphatic heterocycles. The topological polar surface area (TPSA) is 30.7 Å². The van der Waals surface area contributed by atoms with Crippen LogP contribution in [-0.4, -0.2) is 14.8 Å². The van der Waals surface area contributed by atoms with Gasteiger partial charge in [0.1, 0.15) is 5.82 Å². The highest BCUT2D eigenvalue weighted by atomic mass is 79.9. The lowest BCUT2D eigenvalue weighted by molar-refractivity contribution is 0.586. The van der Waals surface area contributed by atoms with Crippen LogP contribution in [0.1, 0.15) is 25.7 Å². The summed E-state index contributed by atoms with van der Waals surface area (Å²) in [5.41, 5.74) is 1.05. The molecule has 0 aliphatic rings. The Kier molecular flexibility index (Phi) is 4.61. The van der Waals surface area contributed by atoms with Crippen LogP contribution in [0.4, 0.5) is 0 Å². The van der Waals surface area contributed by atoms with Crippen molar-refractivity contribution < 1.29 is 0 Å². The van der Waals surface area contributed by atoms with Gasteiger partial charge in [0, 0.05) is 20.6 Å². The second kappa shape index (κ2) is 5.84. The van der Waals surface area contributed by atoms with Crippen molar-refractivity contribution in [2.75, 3.05) is 0 Å². The quantitative estimate of drug-likeness (QED) is 0.636. The molecule has 0 radical (unpaired) electrons. The van der Waals surface area contributed by atoms with E-state index < -0.39 is 0 Å². The average Bonchev–Trinajstić information content (AvgIpc) is 2.72. The maximum atomic E-state index is 4.31. The van der Waals surface area contributed by atoms with Crippen LogP contribution < -0.4 is 0 Å². The normalized spacial score (nSPS) is 11.2. The van der Waals surface area contributed by atoms with Gasteiger partial charge in [-0.1, -0.05) is 31.9 Å². The first-order chi connectivity index (χ1) is 8.54. The molecule has 0 bridgehead atoms. The lowest BCUT2D eigenvalue weighted by Crippen LogP contribution is -2.07. The van der Waals surface area contributed by atoms with E-state index >= 15 is 0 Å². The molecule has 0 fully saturated rings. The SMILES string of the molecule is CC(C)n1c(CBr)nnc1-c1ccc(Br)cc1Br. The molecule has 18 heavy (non-hydrogen) atoms. The molecule has 0 spiro atoms. The van der Waals surface area contributed by atoms with Crippen molar-refractivity contribution in [2.24, 2.45) is 0 Å². The smallest absolute Gasteiger partial charge is 0.165 e. The third kappa shape index (κ3) is 2.70. The number of rotatable bonds is 3. The number of hydrogen-bond donors (Lipinski definition) is 0. The molecule has 6 heteroatoms. The Balaban J connectivity index is 2.60. The van der Waals surface area contributed by atoms with E-state index in [1.165, 1.54) is 0 Å². The summed E-state index contributed by atoms with van der Waals surface area (Å²) >= 11 is 10.5. The van der Waals surface area contributed by atoms with Gasteiger partial charge in [-0.05, 0) is 48.0 Å². The zero-order chi connectivity index (χ0) is 13.3. The van der Waals surface area contributed by atoms with Gasteiger partial charge in [-0.3, -0.25) is 0 Å². The monoisotopic (exact) mass is 435 g/mol. The molecule has 0 saturated carbocycles. The number of benzene rings is 1. The van der Waals surface area contributed by atoms with Crippen LogP contribution in [0.25, 0.3) is 11.4 Å². The Hall–Kier alpha value is -0.200. The zero-order valence-corrected chi connectivity index (χ0v) is 14.8. The van der Waals surface area contributed by atoms with Crippen molar-refractivity contribution in [2.45, 2.75) is 25.2 Å². The summed E-state index contributed by atoms with van der Waals surface area (Å²) in [6.45, 7) is 4.26. The van der Waals surface area contributed by atoms with Gasteiger partial charge in [-0.2, -0.15) is 0 Å². The number of aromatic nitrogens is 3. The molecule has 96 valence electrons. The van der Waals surface area contributed by atoms with Crippen LogP contribution >= 0.6 is 47.8 Å². The largest absolute Gasteiger partial charge is 0.308 e. The maximum Gasteiger partial charge on any atom is 0.165 e. The van der Waals surface area contributed by atoms with Crippen LogP contribution in [0.5, 0.6) is 0 Å². The predicted octanol–water partition coefficient (Wildman–Crippen LogP) is 4.95. The number of halogens is 3. The number of alkyl halides is 1. The third-order valence-corrected chi connectivity index (χ3v) is 4.23. The summed E-state index contributed by atoms with van der Waals surface area (Å²) in [6, 6.07) is 6.38. The molecule has 3 nitrogen and oxygen atoms in total. The Morgan fingerprint density at radius 1 is 1.22 bits per heavy atom. The van der Waals surface area contributed by atoms with Crippen LogP contribution in [0, 0.1) is 0 Å². The van der Waals surface area contributed by atoms with E-state index in [1.54, 1.807) is 0 Å². The van der Waals surface area contributed by atoms with E-state index in [1.807, 2.05) is 18.2 Å². The van der Waals surface area contributed by atoms with Gasteiger partial charge in [0.05, 0.1) is 5.33 Å². The molecule has 1 aromatic carbocycles. The fourth-order valence-corrected chi connectivity index (χ4v) is 3.42. The third-order valence-electron chi connectivity index (χ3n) is 2.57. The Morgan fingerprint density at radius 2 is 1.94 bits per heavy atom.